The van der Waals surface area contributed by atoms with Gasteiger partial charge in [0, 0.05) is 45.6 Å². The molecule has 29 heavy (non-hydrogen) atoms. The predicted molar refractivity (Wildman–Crippen MR) is 119 cm³/mol. The van der Waals surface area contributed by atoms with Gasteiger partial charge in [-0.1, -0.05) is 54.6 Å². The van der Waals surface area contributed by atoms with Crippen molar-refractivity contribution in [3.8, 4) is 0 Å². The maximum absolute atomic E-state index is 12.3. The second-order valence-electron chi connectivity index (χ2n) is 7.70. The molecule has 154 valence electrons. The van der Waals surface area contributed by atoms with Gasteiger partial charge in [0.2, 0.25) is 5.91 Å². The molecule has 2 N–H and O–H groups in total. The van der Waals surface area contributed by atoms with E-state index in [-0.39, 0.29) is 5.91 Å². The SMILES string of the molecule is CN=C(NCCc1ccccc1C)NCC1CC(=O)N(CCc2ccccc2)C1. The number of nitrogens with zero attached hydrogens (tertiary/aromatic N) is 2. The largest absolute Gasteiger partial charge is 0.356 e. The van der Waals surface area contributed by atoms with E-state index in [1.807, 2.05) is 23.1 Å². The third-order valence-electron chi connectivity index (χ3n) is 5.54. The number of nitrogens with one attached hydrogen (secondary N) is 2. The number of carbonyl (C=O) groups is 1. The molecule has 1 aliphatic rings. The van der Waals surface area contributed by atoms with Gasteiger partial charge < -0.3 is 15.5 Å². The Kier molecular flexibility index (Phi) is 7.68. The molecule has 5 nitrogen and oxygen atoms in total. The average molecular weight is 393 g/mol. The van der Waals surface area contributed by atoms with Crippen molar-refractivity contribution in [2.75, 3.05) is 33.2 Å². The van der Waals surface area contributed by atoms with Crippen molar-refractivity contribution >= 4 is 11.9 Å². The summed E-state index contributed by atoms with van der Waals surface area (Å²) < 4.78 is 0. The normalized spacial score (nSPS) is 16.9. The van der Waals surface area contributed by atoms with Crippen LogP contribution in [0.3, 0.4) is 0 Å². The Balaban J connectivity index is 1.38. The summed E-state index contributed by atoms with van der Waals surface area (Å²) in [6.07, 6.45) is 2.49. The van der Waals surface area contributed by atoms with Gasteiger partial charge in [-0.2, -0.15) is 0 Å². The van der Waals surface area contributed by atoms with E-state index in [0.29, 0.717) is 12.3 Å². The number of carbonyl (C=O) groups excluding carboxylic acids is 1. The number of benzene rings is 2. The van der Waals surface area contributed by atoms with Crippen LogP contribution in [0.2, 0.25) is 0 Å². The van der Waals surface area contributed by atoms with Crippen LogP contribution in [0.5, 0.6) is 0 Å². The van der Waals surface area contributed by atoms with Gasteiger partial charge in [0.1, 0.15) is 0 Å². The molecule has 1 unspecified atom stereocenters. The number of hydrogen-bond donors (Lipinski definition) is 2. The number of hydrogen-bond acceptors (Lipinski definition) is 2. The first-order valence-corrected chi connectivity index (χ1v) is 10.5. The van der Waals surface area contributed by atoms with Gasteiger partial charge in [0.05, 0.1) is 0 Å². The van der Waals surface area contributed by atoms with Crippen molar-refractivity contribution in [3.05, 3.63) is 71.3 Å². The monoisotopic (exact) mass is 392 g/mol. The number of guanidine groups is 1. The summed E-state index contributed by atoms with van der Waals surface area (Å²) >= 11 is 0. The zero-order chi connectivity index (χ0) is 20.5. The van der Waals surface area contributed by atoms with E-state index < -0.39 is 0 Å². The van der Waals surface area contributed by atoms with E-state index >= 15 is 0 Å². The maximum Gasteiger partial charge on any atom is 0.223 e. The molecule has 0 saturated carbocycles. The highest BCUT2D eigenvalue weighted by molar-refractivity contribution is 5.80. The van der Waals surface area contributed by atoms with Gasteiger partial charge in [-0.05, 0) is 36.5 Å². The van der Waals surface area contributed by atoms with Crippen LogP contribution in [-0.2, 0) is 17.6 Å². The van der Waals surface area contributed by atoms with Crippen LogP contribution in [0.15, 0.2) is 59.6 Å². The van der Waals surface area contributed by atoms with Gasteiger partial charge in [-0.15, -0.1) is 0 Å². The zero-order valence-electron chi connectivity index (χ0n) is 17.5. The highest BCUT2D eigenvalue weighted by Gasteiger charge is 2.29. The van der Waals surface area contributed by atoms with Gasteiger partial charge >= 0.3 is 0 Å². The smallest absolute Gasteiger partial charge is 0.223 e. The summed E-state index contributed by atoms with van der Waals surface area (Å²) in [6, 6.07) is 18.8. The minimum Gasteiger partial charge on any atom is -0.356 e. The molecule has 1 heterocycles. The summed E-state index contributed by atoms with van der Waals surface area (Å²) in [5.41, 5.74) is 3.95. The zero-order valence-corrected chi connectivity index (χ0v) is 17.5. The van der Waals surface area contributed by atoms with E-state index in [2.05, 4.69) is 58.9 Å². The summed E-state index contributed by atoms with van der Waals surface area (Å²) in [4.78, 5) is 18.6. The second kappa shape index (κ2) is 10.6. The number of aliphatic imine (C=N–C) groups is 1. The lowest BCUT2D eigenvalue weighted by atomic mass is 10.1. The maximum atomic E-state index is 12.3. The Morgan fingerprint density at radius 1 is 1.07 bits per heavy atom. The third-order valence-corrected chi connectivity index (χ3v) is 5.54. The van der Waals surface area contributed by atoms with E-state index in [1.165, 1.54) is 16.7 Å². The predicted octanol–water partition coefficient (Wildman–Crippen LogP) is 2.79. The first-order chi connectivity index (χ1) is 14.2. The molecule has 1 saturated heterocycles. The van der Waals surface area contributed by atoms with Crippen LogP contribution in [0, 0.1) is 12.8 Å². The fraction of sp³-hybridized carbons (Fsp3) is 0.417. The average Bonchev–Trinajstić information content (AvgIpc) is 3.10. The first kappa shape index (κ1) is 20.9. The number of amides is 1. The van der Waals surface area contributed by atoms with Crippen molar-refractivity contribution in [1.82, 2.24) is 15.5 Å². The Bertz CT molecular complexity index is 819. The van der Waals surface area contributed by atoms with Crippen molar-refractivity contribution in [1.29, 1.82) is 0 Å². The standard InChI is InChI=1S/C24H32N4O/c1-19-8-6-7-11-22(19)12-14-26-24(25-2)27-17-21-16-23(29)28(18-21)15-13-20-9-4-3-5-10-20/h3-11,21H,12-18H2,1-2H3,(H2,25,26,27). The highest BCUT2D eigenvalue weighted by Crippen LogP contribution is 2.17. The molecule has 2 aromatic carbocycles. The lowest BCUT2D eigenvalue weighted by molar-refractivity contribution is -0.127. The van der Waals surface area contributed by atoms with Crippen LogP contribution < -0.4 is 10.6 Å². The Morgan fingerprint density at radius 2 is 1.83 bits per heavy atom. The minimum atomic E-state index is 0.259. The van der Waals surface area contributed by atoms with Crippen molar-refractivity contribution in [2.24, 2.45) is 10.9 Å². The lowest BCUT2D eigenvalue weighted by Gasteiger charge is -2.18. The van der Waals surface area contributed by atoms with Crippen LogP contribution >= 0.6 is 0 Å². The van der Waals surface area contributed by atoms with Crippen molar-refractivity contribution in [3.63, 3.8) is 0 Å². The summed E-state index contributed by atoms with van der Waals surface area (Å²) in [6.45, 7) is 5.35. The van der Waals surface area contributed by atoms with Gasteiger partial charge in [-0.3, -0.25) is 9.79 Å². The number of likely N-dealkylation sites (tertiary alicyclic amines) is 1. The Hall–Kier alpha value is -2.82. The molecular formula is C24H32N4O. The van der Waals surface area contributed by atoms with Crippen molar-refractivity contribution < 1.29 is 4.79 Å². The molecule has 2 aromatic rings. The molecule has 5 heteroatoms. The Labute approximate surface area is 174 Å². The molecule has 0 spiro atoms. The highest BCUT2D eigenvalue weighted by atomic mass is 16.2. The fourth-order valence-corrected chi connectivity index (χ4v) is 3.78. The topological polar surface area (TPSA) is 56.7 Å². The number of aryl methyl sites for hydroxylation is 1. The van der Waals surface area contributed by atoms with Crippen LogP contribution in [-0.4, -0.2) is 50.0 Å². The van der Waals surface area contributed by atoms with Gasteiger partial charge in [0.15, 0.2) is 5.96 Å². The molecule has 1 amide bonds. The molecular weight excluding hydrogens is 360 g/mol. The molecule has 0 aromatic heterocycles. The molecule has 3 rings (SSSR count). The van der Waals surface area contributed by atoms with E-state index in [1.54, 1.807) is 7.05 Å². The molecule has 1 aliphatic heterocycles. The van der Waals surface area contributed by atoms with Gasteiger partial charge in [0.25, 0.3) is 0 Å². The van der Waals surface area contributed by atoms with Crippen molar-refractivity contribution in [2.45, 2.75) is 26.2 Å². The molecule has 1 fully saturated rings. The summed E-state index contributed by atoms with van der Waals surface area (Å²) in [7, 11) is 1.79. The molecule has 1 atom stereocenters. The summed E-state index contributed by atoms with van der Waals surface area (Å²) in [5.74, 6) is 1.39. The van der Waals surface area contributed by atoms with Crippen LogP contribution in [0.4, 0.5) is 0 Å². The fourth-order valence-electron chi connectivity index (χ4n) is 3.78. The number of rotatable bonds is 8. The molecule has 0 aliphatic carbocycles. The van der Waals surface area contributed by atoms with Crippen LogP contribution in [0.25, 0.3) is 0 Å². The Morgan fingerprint density at radius 3 is 2.59 bits per heavy atom. The van der Waals surface area contributed by atoms with E-state index in [9.17, 15) is 4.79 Å². The quantitative estimate of drug-likeness (QED) is 0.537. The molecule has 0 radical (unpaired) electrons. The minimum absolute atomic E-state index is 0.259. The van der Waals surface area contributed by atoms with Crippen LogP contribution in [0.1, 0.15) is 23.1 Å². The van der Waals surface area contributed by atoms with E-state index in [4.69, 9.17) is 0 Å². The lowest BCUT2D eigenvalue weighted by Crippen LogP contribution is -2.41. The van der Waals surface area contributed by atoms with Gasteiger partial charge in [-0.25, -0.2) is 0 Å². The third kappa shape index (κ3) is 6.34. The van der Waals surface area contributed by atoms with E-state index in [0.717, 1.165) is 45.0 Å². The first-order valence-electron chi connectivity index (χ1n) is 10.5. The summed E-state index contributed by atoms with van der Waals surface area (Å²) in [5, 5.41) is 6.77. The molecule has 0 bridgehead atoms. The second-order valence-corrected chi connectivity index (χ2v) is 7.70.